The molecule has 0 saturated carbocycles. The largest absolute Gasteiger partial charge is 0.254 e. The average Bonchev–Trinajstić information content (AvgIpc) is 2.40. The summed E-state index contributed by atoms with van der Waals surface area (Å²) in [4.78, 5) is 8.69. The summed E-state index contributed by atoms with van der Waals surface area (Å²) < 4.78 is 0. The fraction of sp³-hybridized carbons (Fsp3) is 0. The van der Waals surface area contributed by atoms with Crippen molar-refractivity contribution in [3.8, 4) is 0 Å². The van der Waals surface area contributed by atoms with E-state index in [2.05, 4.69) is 46.5 Å². The normalized spacial score (nSPS) is 9.41. The predicted octanol–water partition coefficient (Wildman–Crippen LogP) is 3.45. The van der Waals surface area contributed by atoms with Gasteiger partial charge in [0.25, 0.3) is 0 Å². The highest BCUT2D eigenvalue weighted by atomic mass is 32.1. The van der Waals surface area contributed by atoms with E-state index < -0.39 is 0 Å². The highest BCUT2D eigenvalue weighted by Gasteiger charge is 2.00. The minimum atomic E-state index is 0.977. The van der Waals surface area contributed by atoms with E-state index in [0.717, 1.165) is 21.8 Å². The number of nitrogens with zero attached hydrogens (tertiary/aromatic N) is 2. The second kappa shape index (κ2) is 5.25. The lowest BCUT2D eigenvalue weighted by Crippen LogP contribution is -1.83. The molecule has 0 amide bonds. The predicted molar refractivity (Wildman–Crippen MR) is 72.4 cm³/mol. The highest BCUT2D eigenvalue weighted by Crippen LogP contribution is 2.20. The Kier molecular flexibility index (Phi) is 3.50. The summed E-state index contributed by atoms with van der Waals surface area (Å²) in [5.41, 5.74) is 1.95. The number of pyridine rings is 2. The van der Waals surface area contributed by atoms with Crippen molar-refractivity contribution in [2.45, 2.75) is 0 Å². The molecule has 1 aromatic carbocycles. The summed E-state index contributed by atoms with van der Waals surface area (Å²) in [6.45, 7) is 0. The topological polar surface area (TPSA) is 49.6 Å². The average molecular weight is 239 g/mol. The third-order valence-corrected chi connectivity index (χ3v) is 2.34. The molecule has 0 aliphatic carbocycles. The molecule has 17 heavy (non-hydrogen) atoms. The first-order chi connectivity index (χ1) is 8.36. The van der Waals surface area contributed by atoms with Crippen molar-refractivity contribution in [3.05, 3.63) is 48.8 Å². The Morgan fingerprint density at radius 1 is 0.882 bits per heavy atom. The van der Waals surface area contributed by atoms with E-state index in [-0.39, 0.29) is 0 Å². The van der Waals surface area contributed by atoms with Gasteiger partial charge in [-0.05, 0) is 24.4 Å². The van der Waals surface area contributed by atoms with Crippen LogP contribution in [0.1, 0.15) is 0 Å². The van der Waals surface area contributed by atoms with Crippen LogP contribution in [0.4, 0.5) is 0 Å². The van der Waals surface area contributed by atoms with Gasteiger partial charge in [-0.25, -0.2) is 5.41 Å². The minimum Gasteiger partial charge on any atom is -0.254 e. The Balaban J connectivity index is 0.000000329. The van der Waals surface area contributed by atoms with Crippen molar-refractivity contribution in [1.29, 1.82) is 5.41 Å². The third-order valence-electron chi connectivity index (χ3n) is 2.34. The summed E-state index contributed by atoms with van der Waals surface area (Å²) in [7, 11) is 0. The first-order valence-electron chi connectivity index (χ1n) is 4.99. The highest BCUT2D eigenvalue weighted by molar-refractivity contribution is 7.78. The van der Waals surface area contributed by atoms with Crippen molar-refractivity contribution in [1.82, 2.24) is 9.97 Å². The Labute approximate surface area is 104 Å². The van der Waals surface area contributed by atoms with E-state index in [9.17, 15) is 0 Å². The van der Waals surface area contributed by atoms with Crippen LogP contribution in [0.25, 0.3) is 21.8 Å². The maximum Gasteiger partial charge on any atom is 0.0964 e. The SMILES string of the molecule is N=C=S.c1cnc2c(c1)ccc1cccnc12. The van der Waals surface area contributed by atoms with Gasteiger partial charge in [-0.15, -0.1) is 0 Å². The summed E-state index contributed by atoms with van der Waals surface area (Å²) in [6, 6.07) is 12.1. The van der Waals surface area contributed by atoms with E-state index in [0.29, 0.717) is 0 Å². The number of rotatable bonds is 0. The number of hydrogen-bond donors (Lipinski definition) is 1. The third kappa shape index (κ3) is 2.33. The molecular formula is C13H9N3S. The lowest BCUT2D eigenvalue weighted by atomic mass is 10.1. The van der Waals surface area contributed by atoms with Crippen LogP contribution in [-0.4, -0.2) is 15.1 Å². The molecule has 0 fully saturated rings. The van der Waals surface area contributed by atoms with Crippen molar-refractivity contribution >= 4 is 39.2 Å². The van der Waals surface area contributed by atoms with Gasteiger partial charge in [0.15, 0.2) is 0 Å². The number of benzene rings is 1. The van der Waals surface area contributed by atoms with Gasteiger partial charge in [-0.1, -0.05) is 24.3 Å². The molecule has 0 spiro atoms. The van der Waals surface area contributed by atoms with E-state index >= 15 is 0 Å². The van der Waals surface area contributed by atoms with Gasteiger partial charge in [-0.3, -0.25) is 9.97 Å². The zero-order valence-electron chi connectivity index (χ0n) is 8.92. The van der Waals surface area contributed by atoms with E-state index in [1.165, 1.54) is 0 Å². The summed E-state index contributed by atoms with van der Waals surface area (Å²) in [6.07, 6.45) is 3.60. The number of nitrogens with one attached hydrogen (secondary N) is 1. The summed E-state index contributed by atoms with van der Waals surface area (Å²) >= 11 is 3.81. The van der Waals surface area contributed by atoms with Gasteiger partial charge in [-0.2, -0.15) is 0 Å². The maximum absolute atomic E-state index is 5.77. The zero-order chi connectivity index (χ0) is 12.1. The lowest BCUT2D eigenvalue weighted by molar-refractivity contribution is 1.37. The van der Waals surface area contributed by atoms with Crippen molar-refractivity contribution in [2.75, 3.05) is 0 Å². The Morgan fingerprint density at radius 3 is 1.71 bits per heavy atom. The molecule has 4 heteroatoms. The number of aromatic nitrogens is 2. The molecule has 0 aliphatic rings. The van der Waals surface area contributed by atoms with E-state index in [1.807, 2.05) is 12.1 Å². The van der Waals surface area contributed by atoms with Crippen molar-refractivity contribution in [2.24, 2.45) is 0 Å². The molecule has 0 unspecified atom stereocenters. The minimum absolute atomic E-state index is 0.977. The van der Waals surface area contributed by atoms with Gasteiger partial charge >= 0.3 is 0 Å². The van der Waals surface area contributed by atoms with Crippen LogP contribution < -0.4 is 0 Å². The second-order valence-corrected chi connectivity index (χ2v) is 3.52. The van der Waals surface area contributed by atoms with Gasteiger partial charge in [0.2, 0.25) is 0 Å². The summed E-state index contributed by atoms with van der Waals surface area (Å²) in [5.74, 6) is 0. The molecule has 0 bridgehead atoms. The standard InChI is InChI=1S/C12H8N2.CHNS/c1-3-9-5-6-10-4-2-8-14-12(10)11(9)13-7-1;2-1-3/h1-8H;2H. The van der Waals surface area contributed by atoms with Crippen LogP contribution in [0.15, 0.2) is 48.8 Å². The van der Waals surface area contributed by atoms with Gasteiger partial charge in [0, 0.05) is 23.2 Å². The van der Waals surface area contributed by atoms with Crippen LogP contribution in [0.2, 0.25) is 0 Å². The molecule has 3 nitrogen and oxygen atoms in total. The fourth-order valence-electron chi connectivity index (χ4n) is 1.68. The van der Waals surface area contributed by atoms with Crippen LogP contribution in [0.3, 0.4) is 0 Å². The number of thiocarbonyl (C=S) groups is 1. The molecule has 3 aromatic rings. The zero-order valence-corrected chi connectivity index (χ0v) is 9.74. The molecule has 0 atom stereocenters. The molecular weight excluding hydrogens is 230 g/mol. The first-order valence-corrected chi connectivity index (χ1v) is 5.40. The van der Waals surface area contributed by atoms with Crippen LogP contribution >= 0.6 is 12.2 Å². The molecule has 0 radical (unpaired) electrons. The Bertz CT molecular complexity index is 633. The monoisotopic (exact) mass is 239 g/mol. The summed E-state index contributed by atoms with van der Waals surface area (Å²) in [5, 5.41) is 9.63. The number of isothiocyanates is 1. The van der Waals surface area contributed by atoms with Crippen LogP contribution in [0.5, 0.6) is 0 Å². The Hall–Kier alpha value is -2.16. The van der Waals surface area contributed by atoms with Crippen LogP contribution in [0, 0.1) is 5.41 Å². The fourth-order valence-corrected chi connectivity index (χ4v) is 1.68. The first kappa shape index (κ1) is 11.3. The Morgan fingerprint density at radius 2 is 1.29 bits per heavy atom. The molecule has 3 rings (SSSR count). The molecule has 82 valence electrons. The maximum atomic E-state index is 5.77. The number of fused-ring (bicyclic) bond motifs is 3. The molecule has 2 aromatic heterocycles. The molecule has 0 aliphatic heterocycles. The lowest BCUT2D eigenvalue weighted by Gasteiger charge is -2.00. The quantitative estimate of drug-likeness (QED) is 0.371. The molecule has 0 saturated heterocycles. The molecule has 1 N–H and O–H groups in total. The van der Waals surface area contributed by atoms with Gasteiger partial charge in [0.1, 0.15) is 0 Å². The van der Waals surface area contributed by atoms with Crippen molar-refractivity contribution < 1.29 is 0 Å². The smallest absolute Gasteiger partial charge is 0.0964 e. The number of hydrogen-bond acceptors (Lipinski definition) is 4. The molecule has 2 heterocycles. The van der Waals surface area contributed by atoms with E-state index in [4.69, 9.17) is 5.41 Å². The van der Waals surface area contributed by atoms with Gasteiger partial charge in [0.05, 0.1) is 16.2 Å². The second-order valence-electron chi connectivity index (χ2n) is 3.32. The van der Waals surface area contributed by atoms with E-state index in [1.54, 1.807) is 17.6 Å². The van der Waals surface area contributed by atoms with Gasteiger partial charge < -0.3 is 0 Å². The van der Waals surface area contributed by atoms with Crippen molar-refractivity contribution in [3.63, 3.8) is 0 Å². The van der Waals surface area contributed by atoms with Crippen LogP contribution in [-0.2, 0) is 0 Å².